The van der Waals surface area contributed by atoms with E-state index in [0.29, 0.717) is 11.5 Å². The standard InChI is InChI=1S/C18H18F3N5O/c1-9-6-12(7-10(2)22-9)26-15(8-11(3)27)24-18(25-26)23-14-5-4-13(19)16(20)17(14)21/h4-7,11,27H,8H2,1-3H3,(H,23,25). The maximum Gasteiger partial charge on any atom is 0.247 e. The van der Waals surface area contributed by atoms with Crippen molar-refractivity contribution in [1.29, 1.82) is 0 Å². The van der Waals surface area contributed by atoms with E-state index in [4.69, 9.17) is 0 Å². The Morgan fingerprint density at radius 1 is 1.07 bits per heavy atom. The molecular formula is C18H18F3N5O. The van der Waals surface area contributed by atoms with Crippen LogP contribution in [0.4, 0.5) is 24.8 Å². The van der Waals surface area contributed by atoms with E-state index in [0.717, 1.165) is 23.5 Å². The highest BCUT2D eigenvalue weighted by atomic mass is 19.2. The number of nitrogens with zero attached hydrogens (tertiary/aromatic N) is 4. The molecule has 1 unspecified atom stereocenters. The Hall–Kier alpha value is -2.94. The van der Waals surface area contributed by atoms with E-state index in [9.17, 15) is 18.3 Å². The predicted molar refractivity (Wildman–Crippen MR) is 93.6 cm³/mol. The Morgan fingerprint density at radius 3 is 2.37 bits per heavy atom. The molecule has 27 heavy (non-hydrogen) atoms. The molecule has 0 aliphatic rings. The van der Waals surface area contributed by atoms with Crippen molar-refractivity contribution in [2.24, 2.45) is 0 Å². The minimum atomic E-state index is -1.58. The summed E-state index contributed by atoms with van der Waals surface area (Å²) in [5.74, 6) is -3.82. The van der Waals surface area contributed by atoms with Gasteiger partial charge in [0.15, 0.2) is 17.5 Å². The molecule has 2 N–H and O–H groups in total. The second-order valence-corrected chi connectivity index (χ2v) is 6.27. The smallest absolute Gasteiger partial charge is 0.247 e. The molecule has 6 nitrogen and oxygen atoms in total. The summed E-state index contributed by atoms with van der Waals surface area (Å²) in [7, 11) is 0. The van der Waals surface area contributed by atoms with E-state index in [-0.39, 0.29) is 18.1 Å². The van der Waals surface area contributed by atoms with E-state index in [2.05, 4.69) is 20.4 Å². The number of pyridine rings is 1. The summed E-state index contributed by atoms with van der Waals surface area (Å²) in [5, 5.41) is 16.6. The summed E-state index contributed by atoms with van der Waals surface area (Å²) in [5.41, 5.74) is 1.91. The van der Waals surface area contributed by atoms with E-state index >= 15 is 0 Å². The van der Waals surface area contributed by atoms with Crippen LogP contribution in [0, 0.1) is 31.3 Å². The lowest BCUT2D eigenvalue weighted by Crippen LogP contribution is -2.11. The third-order valence-corrected chi connectivity index (χ3v) is 3.74. The maximum absolute atomic E-state index is 13.9. The van der Waals surface area contributed by atoms with Crippen LogP contribution in [-0.4, -0.2) is 31.0 Å². The SMILES string of the molecule is Cc1cc(-n2nc(Nc3ccc(F)c(F)c3F)nc2CC(C)O)cc(C)n1. The van der Waals surface area contributed by atoms with Gasteiger partial charge in [0.1, 0.15) is 5.82 Å². The number of halogens is 3. The predicted octanol–water partition coefficient (Wildman–Crippen LogP) is 3.36. The average Bonchev–Trinajstić information content (AvgIpc) is 2.96. The molecule has 1 atom stereocenters. The van der Waals surface area contributed by atoms with Crippen LogP contribution >= 0.6 is 0 Å². The van der Waals surface area contributed by atoms with Crippen molar-refractivity contribution in [3.05, 3.63) is 58.9 Å². The van der Waals surface area contributed by atoms with Crippen LogP contribution in [0.1, 0.15) is 24.1 Å². The summed E-state index contributed by atoms with van der Waals surface area (Å²) in [6.45, 7) is 5.26. The molecule has 0 aliphatic carbocycles. The van der Waals surface area contributed by atoms with Crippen LogP contribution in [-0.2, 0) is 6.42 Å². The fourth-order valence-electron chi connectivity index (χ4n) is 2.68. The molecule has 142 valence electrons. The molecule has 2 heterocycles. The molecular weight excluding hydrogens is 359 g/mol. The number of anilines is 2. The number of aliphatic hydroxyl groups is 1. The zero-order valence-electron chi connectivity index (χ0n) is 15.0. The highest BCUT2D eigenvalue weighted by molar-refractivity contribution is 5.54. The molecule has 0 aliphatic heterocycles. The van der Waals surface area contributed by atoms with Gasteiger partial charge in [0, 0.05) is 17.8 Å². The van der Waals surface area contributed by atoms with E-state index in [1.807, 2.05) is 13.8 Å². The van der Waals surface area contributed by atoms with Gasteiger partial charge in [0.25, 0.3) is 0 Å². The number of benzene rings is 1. The van der Waals surface area contributed by atoms with Crippen LogP contribution in [0.2, 0.25) is 0 Å². The first-order valence-corrected chi connectivity index (χ1v) is 8.24. The summed E-state index contributed by atoms with van der Waals surface area (Å²) in [6, 6.07) is 5.44. The lowest BCUT2D eigenvalue weighted by atomic mass is 10.2. The summed E-state index contributed by atoms with van der Waals surface area (Å²) in [6.07, 6.45) is -0.500. The van der Waals surface area contributed by atoms with Gasteiger partial charge >= 0.3 is 0 Å². The Kier molecular flexibility index (Phi) is 5.13. The van der Waals surface area contributed by atoms with E-state index in [1.54, 1.807) is 19.1 Å². The van der Waals surface area contributed by atoms with Crippen LogP contribution in [0.25, 0.3) is 5.69 Å². The first-order chi connectivity index (χ1) is 12.7. The first kappa shape index (κ1) is 18.8. The number of nitrogens with one attached hydrogen (secondary N) is 1. The second-order valence-electron chi connectivity index (χ2n) is 6.27. The van der Waals surface area contributed by atoms with Gasteiger partial charge in [-0.3, -0.25) is 4.98 Å². The molecule has 0 radical (unpaired) electrons. The van der Waals surface area contributed by atoms with Gasteiger partial charge < -0.3 is 10.4 Å². The van der Waals surface area contributed by atoms with Crippen molar-refractivity contribution in [1.82, 2.24) is 19.7 Å². The highest BCUT2D eigenvalue weighted by Crippen LogP contribution is 2.23. The van der Waals surface area contributed by atoms with Crippen LogP contribution < -0.4 is 5.32 Å². The van der Waals surface area contributed by atoms with Crippen LogP contribution in [0.3, 0.4) is 0 Å². The van der Waals surface area contributed by atoms with Crippen LogP contribution in [0.15, 0.2) is 24.3 Å². The number of aryl methyl sites for hydroxylation is 2. The first-order valence-electron chi connectivity index (χ1n) is 8.24. The summed E-state index contributed by atoms with van der Waals surface area (Å²) >= 11 is 0. The Balaban J connectivity index is 2.03. The largest absolute Gasteiger partial charge is 0.393 e. The van der Waals surface area contributed by atoms with Gasteiger partial charge in [0.05, 0.1) is 17.5 Å². The zero-order chi connectivity index (χ0) is 19.7. The zero-order valence-corrected chi connectivity index (χ0v) is 15.0. The second kappa shape index (κ2) is 7.36. The van der Waals surface area contributed by atoms with Gasteiger partial charge in [-0.05, 0) is 45.0 Å². The van der Waals surface area contributed by atoms with Gasteiger partial charge in [-0.1, -0.05) is 0 Å². The molecule has 0 spiro atoms. The molecule has 3 rings (SSSR count). The minimum absolute atomic E-state index is 0.0114. The van der Waals surface area contributed by atoms with Crippen LogP contribution in [0.5, 0.6) is 0 Å². The number of aromatic nitrogens is 4. The molecule has 0 amide bonds. The number of hydrogen-bond donors (Lipinski definition) is 2. The van der Waals surface area contributed by atoms with Crippen molar-refractivity contribution >= 4 is 11.6 Å². The van der Waals surface area contributed by atoms with Gasteiger partial charge in [-0.2, -0.15) is 4.98 Å². The van der Waals surface area contributed by atoms with Crippen molar-refractivity contribution in [2.45, 2.75) is 33.3 Å². The van der Waals surface area contributed by atoms with Gasteiger partial charge in [-0.15, -0.1) is 5.10 Å². The highest BCUT2D eigenvalue weighted by Gasteiger charge is 2.18. The fourth-order valence-corrected chi connectivity index (χ4v) is 2.68. The fraction of sp³-hybridized carbons (Fsp3) is 0.278. The molecule has 1 aromatic carbocycles. The molecule has 0 saturated carbocycles. The Morgan fingerprint density at radius 2 is 1.74 bits per heavy atom. The quantitative estimate of drug-likeness (QED) is 0.667. The molecule has 0 bridgehead atoms. The number of hydrogen-bond acceptors (Lipinski definition) is 5. The molecule has 0 fully saturated rings. The van der Waals surface area contributed by atoms with E-state index in [1.165, 1.54) is 4.68 Å². The number of rotatable bonds is 5. The van der Waals surface area contributed by atoms with Gasteiger partial charge in [-0.25, -0.2) is 17.9 Å². The van der Waals surface area contributed by atoms with Crippen molar-refractivity contribution in [3.63, 3.8) is 0 Å². The molecule has 9 heteroatoms. The number of aliphatic hydroxyl groups excluding tert-OH is 1. The van der Waals surface area contributed by atoms with Crippen molar-refractivity contribution in [3.8, 4) is 5.69 Å². The summed E-state index contributed by atoms with van der Waals surface area (Å²) in [4.78, 5) is 8.55. The van der Waals surface area contributed by atoms with Crippen molar-refractivity contribution < 1.29 is 18.3 Å². The molecule has 3 aromatic rings. The van der Waals surface area contributed by atoms with E-state index < -0.39 is 23.6 Å². The van der Waals surface area contributed by atoms with Crippen molar-refractivity contribution in [2.75, 3.05) is 5.32 Å². The molecule has 2 aromatic heterocycles. The monoisotopic (exact) mass is 377 g/mol. The Labute approximate surface area is 153 Å². The maximum atomic E-state index is 13.9. The average molecular weight is 377 g/mol. The van der Waals surface area contributed by atoms with Gasteiger partial charge in [0.2, 0.25) is 5.95 Å². The minimum Gasteiger partial charge on any atom is -0.393 e. The Bertz CT molecular complexity index is 967. The molecule has 0 saturated heterocycles. The third kappa shape index (κ3) is 4.08. The lowest BCUT2D eigenvalue weighted by Gasteiger charge is -2.08. The lowest BCUT2D eigenvalue weighted by molar-refractivity contribution is 0.192. The third-order valence-electron chi connectivity index (χ3n) is 3.74. The topological polar surface area (TPSA) is 75.9 Å². The normalized spacial score (nSPS) is 12.3. The summed E-state index contributed by atoms with van der Waals surface area (Å²) < 4.78 is 41.9.